The van der Waals surface area contributed by atoms with Gasteiger partial charge in [-0.05, 0) is 91.7 Å². The Morgan fingerprint density at radius 3 is 2.33 bits per heavy atom. The Bertz CT molecular complexity index is 1140. The van der Waals surface area contributed by atoms with Gasteiger partial charge in [0.25, 0.3) is 0 Å². The van der Waals surface area contributed by atoms with Crippen molar-refractivity contribution in [2.75, 3.05) is 29.7 Å². The highest BCUT2D eigenvalue weighted by atomic mass is 35.5. The zero-order chi connectivity index (χ0) is 30.1. The Morgan fingerprint density at radius 2 is 1.67 bits per heavy atom. The summed E-state index contributed by atoms with van der Waals surface area (Å²) in [5.74, 6) is 3.29. The lowest BCUT2D eigenvalue weighted by molar-refractivity contribution is -0.167. The van der Waals surface area contributed by atoms with Crippen LogP contribution < -0.4 is 10.2 Å². The quantitative estimate of drug-likeness (QED) is 0.238. The fourth-order valence-electron chi connectivity index (χ4n) is 9.50. The molecule has 0 spiro atoms. The van der Waals surface area contributed by atoms with E-state index in [0.717, 1.165) is 62.6 Å². The number of carbonyl (C=O) groups is 3. The number of carbonyl (C=O) groups excluding carboxylic acids is 3. The minimum Gasteiger partial charge on any atom is -0.460 e. The van der Waals surface area contributed by atoms with E-state index in [1.54, 1.807) is 0 Å². The first-order chi connectivity index (χ1) is 20.1. The zero-order valence-electron chi connectivity index (χ0n) is 25.5. The number of rotatable bonds is 10. The number of esters is 1. The van der Waals surface area contributed by atoms with Crippen molar-refractivity contribution >= 4 is 46.5 Å². The SMILES string of the molecule is CC(=O)N[C@@H](Cc1ccc(N(CCCl)CCCl)cc1)C(=O)O[C@H]1CC[C@H]2[C@@H]3CC[C@@H]4CC(=O)CC[C@]4(C)[C@H]3CC[C@]12C. The first kappa shape index (κ1) is 31.6. The highest BCUT2D eigenvalue weighted by molar-refractivity contribution is 6.18. The van der Waals surface area contributed by atoms with Crippen molar-refractivity contribution < 1.29 is 19.1 Å². The normalized spacial score (nSPS) is 34.5. The molecule has 0 heterocycles. The van der Waals surface area contributed by atoms with Gasteiger partial charge in [-0.1, -0.05) is 26.0 Å². The van der Waals surface area contributed by atoms with Crippen LogP contribution in [0.15, 0.2) is 24.3 Å². The third-order valence-corrected chi connectivity index (χ3v) is 12.1. The molecular weight excluding hydrogens is 571 g/mol. The largest absolute Gasteiger partial charge is 0.460 e. The van der Waals surface area contributed by atoms with Crippen molar-refractivity contribution in [1.82, 2.24) is 5.32 Å². The zero-order valence-corrected chi connectivity index (χ0v) is 27.0. The van der Waals surface area contributed by atoms with E-state index in [2.05, 4.69) is 24.1 Å². The molecule has 4 aliphatic rings. The number of hydrogen-bond acceptors (Lipinski definition) is 5. The molecule has 0 aromatic heterocycles. The van der Waals surface area contributed by atoms with Crippen LogP contribution in [0.4, 0.5) is 5.69 Å². The standard InChI is InChI=1S/C34H48Cl2N2O4/c1-22(39)37-30(20-23-4-7-25(8-5-23)38(18-16-35)19-17-36)32(41)42-31-11-10-28-27-9-6-24-21-26(40)12-14-33(24,2)29(27)13-15-34(28,31)3/h4-5,7-8,24,27-31H,6,9-21H2,1-3H3,(H,37,39)/t24-,27+,28+,29+,30+,31+,33+,34+/m1/s1. The number of anilines is 1. The predicted octanol–water partition coefficient (Wildman–Crippen LogP) is 6.54. The van der Waals surface area contributed by atoms with Crippen LogP contribution in [-0.2, 0) is 25.5 Å². The predicted molar refractivity (Wildman–Crippen MR) is 168 cm³/mol. The van der Waals surface area contributed by atoms with Gasteiger partial charge >= 0.3 is 5.97 Å². The number of halogens is 2. The van der Waals surface area contributed by atoms with Crippen molar-refractivity contribution in [3.05, 3.63) is 29.8 Å². The number of alkyl halides is 2. The average molecular weight is 620 g/mol. The van der Waals surface area contributed by atoms with E-state index in [4.69, 9.17) is 27.9 Å². The Labute approximate surface area is 261 Å². The highest BCUT2D eigenvalue weighted by Gasteiger charge is 2.61. The van der Waals surface area contributed by atoms with Gasteiger partial charge in [0.2, 0.25) is 5.91 Å². The van der Waals surface area contributed by atoms with Crippen LogP contribution in [0.3, 0.4) is 0 Å². The van der Waals surface area contributed by atoms with Gasteiger partial charge in [-0.25, -0.2) is 4.79 Å². The van der Waals surface area contributed by atoms with Crippen molar-refractivity contribution in [2.24, 2.45) is 34.5 Å². The summed E-state index contributed by atoms with van der Waals surface area (Å²) in [6, 6.07) is 7.29. The monoisotopic (exact) mass is 618 g/mol. The maximum atomic E-state index is 13.6. The lowest BCUT2D eigenvalue weighted by Crippen LogP contribution is -2.54. The van der Waals surface area contributed by atoms with E-state index in [0.29, 0.717) is 60.7 Å². The van der Waals surface area contributed by atoms with Crippen molar-refractivity contribution in [2.45, 2.75) is 97.1 Å². The Hall–Kier alpha value is -1.79. The van der Waals surface area contributed by atoms with Crippen LogP contribution in [0.2, 0.25) is 0 Å². The first-order valence-corrected chi connectivity index (χ1v) is 17.1. The molecule has 4 aliphatic carbocycles. The number of hydrogen-bond donors (Lipinski definition) is 1. The van der Waals surface area contributed by atoms with Gasteiger partial charge in [0.05, 0.1) is 0 Å². The highest BCUT2D eigenvalue weighted by Crippen LogP contribution is 2.66. The van der Waals surface area contributed by atoms with Crippen LogP contribution >= 0.6 is 23.2 Å². The molecule has 1 N–H and O–H groups in total. The summed E-state index contributed by atoms with van der Waals surface area (Å²) in [6.45, 7) is 7.67. The Morgan fingerprint density at radius 1 is 0.976 bits per heavy atom. The summed E-state index contributed by atoms with van der Waals surface area (Å²) in [6.07, 6.45) is 9.31. The molecule has 4 saturated carbocycles. The topological polar surface area (TPSA) is 75.7 Å². The van der Waals surface area contributed by atoms with E-state index in [1.165, 1.54) is 13.3 Å². The van der Waals surface area contributed by atoms with Gasteiger partial charge in [0, 0.05) is 62.1 Å². The number of amides is 1. The molecule has 0 saturated heterocycles. The number of ketones is 1. The third-order valence-electron chi connectivity index (χ3n) is 11.8. The summed E-state index contributed by atoms with van der Waals surface area (Å²) in [5.41, 5.74) is 2.21. The number of fused-ring (bicyclic) bond motifs is 5. The van der Waals surface area contributed by atoms with Crippen LogP contribution in [0.25, 0.3) is 0 Å². The van der Waals surface area contributed by atoms with Crippen molar-refractivity contribution in [3.8, 4) is 0 Å². The van der Waals surface area contributed by atoms with E-state index >= 15 is 0 Å². The van der Waals surface area contributed by atoms with Gasteiger partial charge in [-0.3, -0.25) is 9.59 Å². The minimum atomic E-state index is -0.733. The van der Waals surface area contributed by atoms with Crippen LogP contribution in [0.5, 0.6) is 0 Å². The molecule has 0 radical (unpaired) electrons. The second-order valence-electron chi connectivity index (χ2n) is 13.9. The van der Waals surface area contributed by atoms with E-state index < -0.39 is 6.04 Å². The summed E-state index contributed by atoms with van der Waals surface area (Å²) in [5, 5.41) is 2.86. The Kier molecular flexibility index (Phi) is 9.83. The molecule has 0 unspecified atom stereocenters. The fourth-order valence-corrected chi connectivity index (χ4v) is 9.91. The second kappa shape index (κ2) is 13.1. The molecule has 6 nitrogen and oxygen atoms in total. The number of nitrogens with one attached hydrogen (secondary N) is 1. The van der Waals surface area contributed by atoms with Gasteiger partial charge < -0.3 is 15.0 Å². The number of benzene rings is 1. The molecule has 232 valence electrons. The van der Waals surface area contributed by atoms with E-state index in [-0.39, 0.29) is 28.8 Å². The molecule has 1 aromatic carbocycles. The summed E-state index contributed by atoms with van der Waals surface area (Å²) < 4.78 is 6.33. The minimum absolute atomic E-state index is 0.0404. The first-order valence-electron chi connectivity index (χ1n) is 16.0. The van der Waals surface area contributed by atoms with Crippen LogP contribution in [0.1, 0.15) is 84.1 Å². The molecule has 0 aliphatic heterocycles. The van der Waals surface area contributed by atoms with Gasteiger partial charge in [0.1, 0.15) is 17.9 Å². The molecule has 1 amide bonds. The van der Waals surface area contributed by atoms with E-state index in [1.807, 2.05) is 24.3 Å². The number of ether oxygens (including phenoxy) is 1. The lowest BCUT2D eigenvalue weighted by Gasteiger charge is -2.60. The van der Waals surface area contributed by atoms with Crippen LogP contribution in [0, 0.1) is 34.5 Å². The molecule has 0 bridgehead atoms. The molecule has 5 rings (SSSR count). The molecule has 1 aromatic rings. The lowest BCUT2D eigenvalue weighted by atomic mass is 9.45. The van der Waals surface area contributed by atoms with Gasteiger partial charge in [-0.15, -0.1) is 23.2 Å². The summed E-state index contributed by atoms with van der Waals surface area (Å²) in [4.78, 5) is 40.1. The molecular formula is C34H48Cl2N2O4. The summed E-state index contributed by atoms with van der Waals surface area (Å²) in [7, 11) is 0. The van der Waals surface area contributed by atoms with Crippen molar-refractivity contribution in [3.63, 3.8) is 0 Å². The van der Waals surface area contributed by atoms with Gasteiger partial charge in [0.15, 0.2) is 0 Å². The van der Waals surface area contributed by atoms with Crippen molar-refractivity contribution in [1.29, 1.82) is 0 Å². The Balaban J connectivity index is 1.26. The molecule has 8 heteroatoms. The molecule has 8 atom stereocenters. The smallest absolute Gasteiger partial charge is 0.329 e. The maximum Gasteiger partial charge on any atom is 0.329 e. The number of Topliss-reactive ketones (excluding diaryl/α,β-unsaturated/α-hetero) is 1. The van der Waals surface area contributed by atoms with E-state index in [9.17, 15) is 14.4 Å². The second-order valence-corrected chi connectivity index (χ2v) is 14.7. The summed E-state index contributed by atoms with van der Waals surface area (Å²) >= 11 is 11.9. The fraction of sp³-hybridized carbons (Fsp3) is 0.735. The number of nitrogens with zero attached hydrogens (tertiary/aromatic N) is 1. The molecule has 42 heavy (non-hydrogen) atoms. The van der Waals surface area contributed by atoms with Crippen LogP contribution in [-0.4, -0.2) is 54.7 Å². The third kappa shape index (κ3) is 6.22. The maximum absolute atomic E-state index is 13.6. The van der Waals surface area contributed by atoms with Gasteiger partial charge in [-0.2, -0.15) is 0 Å². The molecule has 4 fully saturated rings. The average Bonchev–Trinajstić information content (AvgIpc) is 3.29.